The van der Waals surface area contributed by atoms with Crippen molar-refractivity contribution in [1.29, 1.82) is 0 Å². The molecule has 33 heavy (non-hydrogen) atoms. The van der Waals surface area contributed by atoms with E-state index < -0.39 is 4.92 Å². The van der Waals surface area contributed by atoms with E-state index in [0.717, 1.165) is 10.6 Å². The minimum atomic E-state index is -0.440. The molecule has 0 unspecified atom stereocenters. The SMILES string of the molecule is COc1ccc(-c2cc([N+](=O)[O-])ccc2OCc2csc(COc3ccc(F)cc3)n2)cc1. The van der Waals surface area contributed by atoms with Crippen LogP contribution < -0.4 is 14.2 Å². The normalized spacial score (nSPS) is 10.6. The van der Waals surface area contributed by atoms with Crippen molar-refractivity contribution in [2.45, 2.75) is 13.2 Å². The summed E-state index contributed by atoms with van der Waals surface area (Å²) in [5.74, 6) is 1.42. The number of methoxy groups -OCH3 is 1. The zero-order chi connectivity index (χ0) is 23.2. The molecule has 7 nitrogen and oxygen atoms in total. The van der Waals surface area contributed by atoms with Crippen molar-refractivity contribution in [2.24, 2.45) is 0 Å². The molecule has 0 saturated carbocycles. The van der Waals surface area contributed by atoms with Crippen molar-refractivity contribution in [2.75, 3.05) is 7.11 Å². The standard InChI is InChI=1S/C24H19FN2O5S/c1-30-20-7-2-16(3-8-20)22-12-19(27(28)29)6-11-23(22)32-13-18-15-33-24(26-18)14-31-21-9-4-17(25)5-10-21/h2-12,15H,13-14H2,1H3. The minimum absolute atomic E-state index is 0.0259. The van der Waals surface area contributed by atoms with E-state index in [4.69, 9.17) is 14.2 Å². The Morgan fingerprint density at radius 3 is 2.39 bits per heavy atom. The van der Waals surface area contributed by atoms with Crippen LogP contribution >= 0.6 is 11.3 Å². The Labute approximate surface area is 193 Å². The van der Waals surface area contributed by atoms with E-state index in [1.54, 1.807) is 37.4 Å². The second kappa shape index (κ2) is 10.1. The van der Waals surface area contributed by atoms with Crippen LogP contribution in [0.5, 0.6) is 17.2 Å². The fourth-order valence-electron chi connectivity index (χ4n) is 3.06. The highest BCUT2D eigenvalue weighted by Gasteiger charge is 2.15. The molecule has 9 heteroatoms. The number of aromatic nitrogens is 1. The van der Waals surface area contributed by atoms with Crippen molar-refractivity contribution in [3.05, 3.63) is 98.7 Å². The van der Waals surface area contributed by atoms with Crippen LogP contribution in [0.25, 0.3) is 11.1 Å². The van der Waals surface area contributed by atoms with Gasteiger partial charge < -0.3 is 14.2 Å². The number of rotatable bonds is 9. The summed E-state index contributed by atoms with van der Waals surface area (Å²) >= 11 is 1.42. The molecule has 0 radical (unpaired) electrons. The lowest BCUT2D eigenvalue weighted by Crippen LogP contribution is -2.00. The van der Waals surface area contributed by atoms with Crippen LogP contribution in [0.2, 0.25) is 0 Å². The summed E-state index contributed by atoms with van der Waals surface area (Å²) in [6.45, 7) is 0.443. The maximum atomic E-state index is 13.0. The molecule has 4 aromatic rings. The summed E-state index contributed by atoms with van der Waals surface area (Å²) in [4.78, 5) is 15.3. The summed E-state index contributed by atoms with van der Waals surface area (Å²) in [5, 5.41) is 13.9. The Hall–Kier alpha value is -3.98. The molecule has 4 rings (SSSR count). The highest BCUT2D eigenvalue weighted by Crippen LogP contribution is 2.35. The maximum Gasteiger partial charge on any atom is 0.270 e. The molecule has 0 amide bonds. The van der Waals surface area contributed by atoms with E-state index in [0.29, 0.717) is 28.5 Å². The topological polar surface area (TPSA) is 83.7 Å². The zero-order valence-electron chi connectivity index (χ0n) is 17.6. The molecule has 1 heterocycles. The van der Waals surface area contributed by atoms with Crippen molar-refractivity contribution in [3.63, 3.8) is 0 Å². The van der Waals surface area contributed by atoms with Gasteiger partial charge in [0.15, 0.2) is 0 Å². The Bertz CT molecular complexity index is 1240. The third-order valence-corrected chi connectivity index (χ3v) is 5.60. The first-order valence-corrected chi connectivity index (χ1v) is 10.8. The molecule has 3 aromatic carbocycles. The number of hydrogen-bond acceptors (Lipinski definition) is 7. The van der Waals surface area contributed by atoms with Crippen LogP contribution in [0.1, 0.15) is 10.7 Å². The molecule has 0 bridgehead atoms. The molecule has 1 aromatic heterocycles. The molecule has 0 atom stereocenters. The van der Waals surface area contributed by atoms with Gasteiger partial charge in [0.25, 0.3) is 5.69 Å². The van der Waals surface area contributed by atoms with Gasteiger partial charge in [-0.1, -0.05) is 12.1 Å². The van der Waals surface area contributed by atoms with E-state index >= 15 is 0 Å². The van der Waals surface area contributed by atoms with Crippen molar-refractivity contribution >= 4 is 17.0 Å². The number of benzene rings is 3. The molecule has 0 N–H and O–H groups in total. The van der Waals surface area contributed by atoms with Crippen molar-refractivity contribution in [3.8, 4) is 28.4 Å². The fourth-order valence-corrected chi connectivity index (χ4v) is 3.75. The molecule has 0 aliphatic heterocycles. The third kappa shape index (κ3) is 5.64. The number of halogens is 1. The van der Waals surface area contributed by atoms with Gasteiger partial charge in [-0.25, -0.2) is 9.37 Å². The second-order valence-electron chi connectivity index (χ2n) is 6.93. The van der Waals surface area contributed by atoms with Gasteiger partial charge in [0.05, 0.1) is 17.7 Å². The number of thiazole rings is 1. The average Bonchev–Trinajstić information content (AvgIpc) is 3.30. The van der Waals surface area contributed by atoms with Gasteiger partial charge in [-0.3, -0.25) is 10.1 Å². The van der Waals surface area contributed by atoms with Gasteiger partial charge >= 0.3 is 0 Å². The number of non-ortho nitro benzene ring substituents is 1. The van der Waals surface area contributed by atoms with Crippen molar-refractivity contribution < 1.29 is 23.5 Å². The molecule has 0 fully saturated rings. The summed E-state index contributed by atoms with van der Waals surface area (Å²) in [6, 6.07) is 17.5. The van der Waals surface area contributed by atoms with E-state index in [2.05, 4.69) is 4.98 Å². The molecular formula is C24H19FN2O5S. The lowest BCUT2D eigenvalue weighted by molar-refractivity contribution is -0.384. The first-order valence-electron chi connectivity index (χ1n) is 9.89. The number of hydrogen-bond donors (Lipinski definition) is 0. The predicted octanol–water partition coefficient (Wildman–Crippen LogP) is 6.02. The Morgan fingerprint density at radius 2 is 1.70 bits per heavy atom. The van der Waals surface area contributed by atoms with Crippen LogP contribution in [0.4, 0.5) is 10.1 Å². The zero-order valence-corrected chi connectivity index (χ0v) is 18.4. The quantitative estimate of drug-likeness (QED) is 0.221. The summed E-state index contributed by atoms with van der Waals surface area (Å²) in [7, 11) is 1.57. The van der Waals surface area contributed by atoms with Crippen LogP contribution in [0.15, 0.2) is 72.1 Å². The number of ether oxygens (including phenoxy) is 3. The first kappa shape index (κ1) is 22.2. The minimum Gasteiger partial charge on any atom is -0.497 e. The molecular weight excluding hydrogens is 447 g/mol. The van der Waals surface area contributed by atoms with Gasteiger partial charge in [-0.05, 0) is 48.0 Å². The van der Waals surface area contributed by atoms with Gasteiger partial charge in [-0.15, -0.1) is 11.3 Å². The fraction of sp³-hybridized carbons (Fsp3) is 0.125. The highest BCUT2D eigenvalue weighted by atomic mass is 32.1. The van der Waals surface area contributed by atoms with E-state index in [1.807, 2.05) is 17.5 Å². The molecule has 0 saturated heterocycles. The average molecular weight is 466 g/mol. The third-order valence-electron chi connectivity index (χ3n) is 4.73. The number of nitro groups is 1. The van der Waals surface area contributed by atoms with E-state index in [9.17, 15) is 14.5 Å². The largest absolute Gasteiger partial charge is 0.497 e. The lowest BCUT2D eigenvalue weighted by Gasteiger charge is -2.11. The summed E-state index contributed by atoms with van der Waals surface area (Å²) < 4.78 is 29.8. The number of nitro benzene ring substituents is 1. The van der Waals surface area contributed by atoms with Crippen LogP contribution in [-0.4, -0.2) is 17.0 Å². The van der Waals surface area contributed by atoms with Gasteiger partial charge in [-0.2, -0.15) is 0 Å². The molecule has 0 aliphatic rings. The predicted molar refractivity (Wildman–Crippen MR) is 122 cm³/mol. The molecule has 168 valence electrons. The monoisotopic (exact) mass is 466 g/mol. The lowest BCUT2D eigenvalue weighted by atomic mass is 10.0. The smallest absolute Gasteiger partial charge is 0.270 e. The van der Waals surface area contributed by atoms with Crippen LogP contribution in [0.3, 0.4) is 0 Å². The second-order valence-corrected chi connectivity index (χ2v) is 7.87. The van der Waals surface area contributed by atoms with Gasteiger partial charge in [0.2, 0.25) is 0 Å². The molecule has 0 spiro atoms. The van der Waals surface area contributed by atoms with E-state index in [-0.39, 0.29) is 24.7 Å². The molecule has 0 aliphatic carbocycles. The van der Waals surface area contributed by atoms with Crippen molar-refractivity contribution in [1.82, 2.24) is 4.98 Å². The van der Waals surface area contributed by atoms with Crippen LogP contribution in [-0.2, 0) is 13.2 Å². The summed E-state index contributed by atoms with van der Waals surface area (Å²) in [6.07, 6.45) is 0. The number of nitrogens with zero attached hydrogens (tertiary/aromatic N) is 2. The highest BCUT2D eigenvalue weighted by molar-refractivity contribution is 7.09. The van der Waals surface area contributed by atoms with Crippen LogP contribution in [0, 0.1) is 15.9 Å². The van der Waals surface area contributed by atoms with Gasteiger partial charge in [0, 0.05) is 23.1 Å². The van der Waals surface area contributed by atoms with E-state index in [1.165, 1.54) is 35.6 Å². The van der Waals surface area contributed by atoms with Gasteiger partial charge in [0.1, 0.15) is 41.3 Å². The Morgan fingerprint density at radius 1 is 0.970 bits per heavy atom. The Balaban J connectivity index is 1.46. The maximum absolute atomic E-state index is 13.0. The Kier molecular flexibility index (Phi) is 6.80. The first-order chi connectivity index (χ1) is 16.0. The summed E-state index contributed by atoms with van der Waals surface area (Å²) in [5.41, 5.74) is 2.04.